The first-order valence-electron chi connectivity index (χ1n) is 6.98. The number of hydrogen-bond donors (Lipinski definition) is 2. The van der Waals surface area contributed by atoms with Crippen molar-refractivity contribution in [3.63, 3.8) is 0 Å². The van der Waals surface area contributed by atoms with Crippen LogP contribution in [-0.4, -0.2) is 48.6 Å². The van der Waals surface area contributed by atoms with Crippen molar-refractivity contribution in [2.24, 2.45) is 5.41 Å². The first-order chi connectivity index (χ1) is 9.35. The van der Waals surface area contributed by atoms with Crippen molar-refractivity contribution in [3.8, 4) is 0 Å². The van der Waals surface area contributed by atoms with Gasteiger partial charge in [0.2, 0.25) is 0 Å². The van der Waals surface area contributed by atoms with Gasteiger partial charge in [-0.25, -0.2) is 9.97 Å². The summed E-state index contributed by atoms with van der Waals surface area (Å²) in [5, 5.41) is 6.70. The zero-order chi connectivity index (χ0) is 15.2. The Morgan fingerprint density at radius 1 is 1.20 bits per heavy atom. The molecule has 20 heavy (non-hydrogen) atoms. The average Bonchev–Trinajstić information content (AvgIpc) is 2.34. The molecule has 0 unspecified atom stereocenters. The van der Waals surface area contributed by atoms with Crippen molar-refractivity contribution < 1.29 is 0 Å². The van der Waals surface area contributed by atoms with E-state index in [2.05, 4.69) is 76.3 Å². The van der Waals surface area contributed by atoms with Gasteiger partial charge < -0.3 is 15.5 Å². The van der Waals surface area contributed by atoms with Crippen LogP contribution in [0.3, 0.4) is 0 Å². The molecule has 0 fully saturated rings. The maximum absolute atomic E-state index is 4.31. The Balaban J connectivity index is 2.68. The zero-order valence-electron chi connectivity index (χ0n) is 13.1. The predicted molar refractivity (Wildman–Crippen MR) is 89.3 cm³/mol. The molecule has 0 amide bonds. The van der Waals surface area contributed by atoms with Gasteiger partial charge in [-0.05, 0) is 41.9 Å². The van der Waals surface area contributed by atoms with Crippen molar-refractivity contribution in [1.82, 2.24) is 14.9 Å². The third kappa shape index (κ3) is 5.63. The first kappa shape index (κ1) is 17.2. The van der Waals surface area contributed by atoms with Gasteiger partial charge >= 0.3 is 0 Å². The Morgan fingerprint density at radius 3 is 2.35 bits per heavy atom. The minimum absolute atomic E-state index is 0.172. The molecule has 0 atom stereocenters. The molecular formula is C14H26BrN5. The molecule has 1 aromatic rings. The van der Waals surface area contributed by atoms with E-state index in [1.54, 1.807) is 6.33 Å². The number of halogens is 1. The average molecular weight is 344 g/mol. The second-order valence-corrected chi connectivity index (χ2v) is 6.86. The molecule has 5 nitrogen and oxygen atoms in total. The van der Waals surface area contributed by atoms with Crippen LogP contribution >= 0.6 is 15.9 Å². The summed E-state index contributed by atoms with van der Waals surface area (Å²) in [4.78, 5) is 10.8. The molecule has 1 rings (SSSR count). The quantitative estimate of drug-likeness (QED) is 0.759. The third-order valence-electron chi connectivity index (χ3n) is 2.81. The third-order valence-corrected chi connectivity index (χ3v) is 3.56. The van der Waals surface area contributed by atoms with Gasteiger partial charge in [-0.15, -0.1) is 0 Å². The summed E-state index contributed by atoms with van der Waals surface area (Å²) in [5.41, 5.74) is 0.172. The SMILES string of the molecule is CCCNc1ncnc(NCC(C)(C)CN(C)C)c1Br. The lowest BCUT2D eigenvalue weighted by Gasteiger charge is -2.28. The first-order valence-corrected chi connectivity index (χ1v) is 7.78. The normalized spacial score (nSPS) is 11.8. The molecule has 0 aliphatic rings. The molecule has 0 bridgehead atoms. The second kappa shape index (κ2) is 7.78. The van der Waals surface area contributed by atoms with Gasteiger partial charge in [0.25, 0.3) is 0 Å². The molecule has 1 aromatic heterocycles. The lowest BCUT2D eigenvalue weighted by atomic mass is 9.93. The van der Waals surface area contributed by atoms with Crippen molar-refractivity contribution in [2.45, 2.75) is 27.2 Å². The van der Waals surface area contributed by atoms with Crippen LogP contribution in [0.5, 0.6) is 0 Å². The smallest absolute Gasteiger partial charge is 0.145 e. The fourth-order valence-corrected chi connectivity index (χ4v) is 2.58. The van der Waals surface area contributed by atoms with Gasteiger partial charge in [0.1, 0.15) is 22.4 Å². The molecule has 1 heterocycles. The van der Waals surface area contributed by atoms with Crippen LogP contribution in [0.4, 0.5) is 11.6 Å². The Bertz CT molecular complexity index is 420. The predicted octanol–water partition coefficient (Wildman–Crippen LogP) is 3.06. The van der Waals surface area contributed by atoms with E-state index in [0.717, 1.165) is 42.2 Å². The van der Waals surface area contributed by atoms with E-state index in [0.29, 0.717) is 0 Å². The summed E-state index contributed by atoms with van der Waals surface area (Å²) < 4.78 is 0.897. The van der Waals surface area contributed by atoms with Crippen LogP contribution in [0.2, 0.25) is 0 Å². The van der Waals surface area contributed by atoms with Crippen LogP contribution in [0.25, 0.3) is 0 Å². The van der Waals surface area contributed by atoms with E-state index in [1.165, 1.54) is 0 Å². The zero-order valence-corrected chi connectivity index (χ0v) is 14.7. The number of anilines is 2. The van der Waals surface area contributed by atoms with E-state index >= 15 is 0 Å². The monoisotopic (exact) mass is 343 g/mol. The van der Waals surface area contributed by atoms with Gasteiger partial charge in [0.15, 0.2) is 0 Å². The van der Waals surface area contributed by atoms with Gasteiger partial charge in [0.05, 0.1) is 0 Å². The number of aromatic nitrogens is 2. The fraction of sp³-hybridized carbons (Fsp3) is 0.714. The highest BCUT2D eigenvalue weighted by Gasteiger charge is 2.19. The maximum atomic E-state index is 4.31. The molecule has 0 aliphatic heterocycles. The van der Waals surface area contributed by atoms with E-state index < -0.39 is 0 Å². The molecule has 0 aromatic carbocycles. The number of rotatable bonds is 8. The minimum atomic E-state index is 0.172. The number of nitrogens with one attached hydrogen (secondary N) is 2. The molecular weight excluding hydrogens is 318 g/mol. The van der Waals surface area contributed by atoms with Crippen LogP contribution in [-0.2, 0) is 0 Å². The summed E-state index contributed by atoms with van der Waals surface area (Å²) in [6.07, 6.45) is 2.65. The lowest BCUT2D eigenvalue weighted by Crippen LogP contribution is -2.34. The number of hydrogen-bond acceptors (Lipinski definition) is 5. The van der Waals surface area contributed by atoms with Crippen molar-refractivity contribution >= 4 is 27.6 Å². The standard InChI is InChI=1S/C14H26BrN5/c1-6-7-16-12-11(15)13(19-10-18-12)17-8-14(2,3)9-20(4)5/h10H,6-9H2,1-5H3,(H2,16,17,18,19). The summed E-state index contributed by atoms with van der Waals surface area (Å²) in [6, 6.07) is 0. The highest BCUT2D eigenvalue weighted by atomic mass is 79.9. The summed E-state index contributed by atoms with van der Waals surface area (Å²) in [7, 11) is 4.18. The molecule has 0 saturated carbocycles. The second-order valence-electron chi connectivity index (χ2n) is 6.07. The molecule has 0 radical (unpaired) electrons. The minimum Gasteiger partial charge on any atom is -0.369 e. The van der Waals surface area contributed by atoms with Crippen LogP contribution < -0.4 is 10.6 Å². The summed E-state index contributed by atoms with van der Waals surface area (Å²) >= 11 is 3.57. The number of nitrogens with zero attached hydrogens (tertiary/aromatic N) is 3. The van der Waals surface area contributed by atoms with Gasteiger partial charge in [0, 0.05) is 19.6 Å². The van der Waals surface area contributed by atoms with Crippen molar-refractivity contribution in [3.05, 3.63) is 10.8 Å². The van der Waals surface area contributed by atoms with Crippen LogP contribution in [0, 0.1) is 5.41 Å². The topological polar surface area (TPSA) is 53.1 Å². The molecule has 0 spiro atoms. The van der Waals surface area contributed by atoms with Crippen LogP contribution in [0.15, 0.2) is 10.8 Å². The highest BCUT2D eigenvalue weighted by molar-refractivity contribution is 9.10. The molecule has 6 heteroatoms. The highest BCUT2D eigenvalue weighted by Crippen LogP contribution is 2.27. The Hall–Kier alpha value is -0.880. The summed E-state index contributed by atoms with van der Waals surface area (Å²) in [6.45, 7) is 9.39. The van der Waals surface area contributed by atoms with Crippen molar-refractivity contribution in [1.29, 1.82) is 0 Å². The van der Waals surface area contributed by atoms with E-state index in [-0.39, 0.29) is 5.41 Å². The summed E-state index contributed by atoms with van der Waals surface area (Å²) in [5.74, 6) is 1.68. The Morgan fingerprint density at radius 2 is 1.80 bits per heavy atom. The van der Waals surface area contributed by atoms with Gasteiger partial charge in [-0.2, -0.15) is 0 Å². The lowest BCUT2D eigenvalue weighted by molar-refractivity contribution is 0.254. The van der Waals surface area contributed by atoms with E-state index in [9.17, 15) is 0 Å². The molecule has 114 valence electrons. The Kier molecular flexibility index (Phi) is 6.68. The maximum Gasteiger partial charge on any atom is 0.145 e. The molecule has 0 aliphatic carbocycles. The Labute approximate surface area is 130 Å². The molecule has 2 N–H and O–H groups in total. The van der Waals surface area contributed by atoms with E-state index in [1.807, 2.05) is 0 Å². The van der Waals surface area contributed by atoms with Crippen molar-refractivity contribution in [2.75, 3.05) is 44.4 Å². The van der Waals surface area contributed by atoms with Gasteiger partial charge in [-0.3, -0.25) is 0 Å². The largest absolute Gasteiger partial charge is 0.369 e. The van der Waals surface area contributed by atoms with E-state index in [4.69, 9.17) is 0 Å². The van der Waals surface area contributed by atoms with Gasteiger partial charge in [-0.1, -0.05) is 20.8 Å². The fourth-order valence-electron chi connectivity index (χ4n) is 2.09. The molecule has 0 saturated heterocycles. The van der Waals surface area contributed by atoms with Crippen LogP contribution in [0.1, 0.15) is 27.2 Å².